The van der Waals surface area contributed by atoms with Gasteiger partial charge in [0.1, 0.15) is 5.82 Å². The molecular formula is C22H20F3N5S. The first kappa shape index (κ1) is 21.0. The van der Waals surface area contributed by atoms with E-state index in [0.29, 0.717) is 13.1 Å². The highest BCUT2D eigenvalue weighted by molar-refractivity contribution is 7.80. The summed E-state index contributed by atoms with van der Waals surface area (Å²) in [7, 11) is 0. The Hall–Kier alpha value is -3.20. The Morgan fingerprint density at radius 3 is 2.23 bits per heavy atom. The molecule has 0 spiro atoms. The van der Waals surface area contributed by atoms with Crippen LogP contribution in [-0.4, -0.2) is 15.1 Å². The molecule has 2 heterocycles. The molecule has 1 aromatic heterocycles. The normalized spacial score (nSPS) is 14.1. The number of nitrogens with one attached hydrogen (secondary N) is 2. The van der Waals surface area contributed by atoms with E-state index in [1.807, 2.05) is 61.5 Å². The molecule has 31 heavy (non-hydrogen) atoms. The second-order valence-corrected chi connectivity index (χ2v) is 7.70. The van der Waals surface area contributed by atoms with Crippen molar-refractivity contribution in [3.05, 3.63) is 83.0 Å². The molecule has 1 aliphatic heterocycles. The molecule has 0 bridgehead atoms. The summed E-state index contributed by atoms with van der Waals surface area (Å²) in [5, 5.41) is 5.91. The zero-order valence-electron chi connectivity index (χ0n) is 16.6. The smallest absolute Gasteiger partial charge is 0.356 e. The summed E-state index contributed by atoms with van der Waals surface area (Å²) in [6, 6.07) is 18.2. The van der Waals surface area contributed by atoms with Crippen LogP contribution >= 0.6 is 12.2 Å². The van der Waals surface area contributed by atoms with Crippen LogP contribution in [0.25, 0.3) is 0 Å². The number of halogens is 3. The molecule has 0 radical (unpaired) electrons. The Kier molecular flexibility index (Phi) is 5.77. The van der Waals surface area contributed by atoms with E-state index in [-0.39, 0.29) is 22.9 Å². The molecule has 0 saturated carbocycles. The monoisotopic (exact) mass is 443 g/mol. The van der Waals surface area contributed by atoms with Gasteiger partial charge in [-0.1, -0.05) is 54.6 Å². The zero-order chi connectivity index (χ0) is 22.0. The minimum absolute atomic E-state index is 0.139. The highest BCUT2D eigenvalue weighted by Gasteiger charge is 2.35. The van der Waals surface area contributed by atoms with Gasteiger partial charge in [-0.05, 0) is 35.8 Å². The second-order valence-electron chi connectivity index (χ2n) is 7.29. The van der Waals surface area contributed by atoms with Crippen molar-refractivity contribution in [1.82, 2.24) is 15.3 Å². The molecule has 0 saturated heterocycles. The Bertz CT molecular complexity index is 1060. The number of alkyl halides is 3. The number of thiocarbonyl (C=S) groups is 1. The lowest BCUT2D eigenvalue weighted by atomic mass is 10.1. The second kappa shape index (κ2) is 8.50. The predicted molar refractivity (Wildman–Crippen MR) is 118 cm³/mol. The van der Waals surface area contributed by atoms with Crippen molar-refractivity contribution in [2.75, 3.05) is 10.2 Å². The van der Waals surface area contributed by atoms with Crippen LogP contribution in [0.1, 0.15) is 35.3 Å². The van der Waals surface area contributed by atoms with Gasteiger partial charge in [-0.2, -0.15) is 18.2 Å². The molecule has 160 valence electrons. The summed E-state index contributed by atoms with van der Waals surface area (Å²) >= 11 is 5.29. The molecule has 0 fully saturated rings. The third-order valence-corrected chi connectivity index (χ3v) is 5.26. The Labute approximate surface area is 183 Å². The maximum absolute atomic E-state index is 13.5. The molecule has 1 atom stereocenters. The maximum Gasteiger partial charge on any atom is 0.433 e. The number of anilines is 2. The number of nitrogens with zero attached hydrogens (tertiary/aromatic N) is 3. The van der Waals surface area contributed by atoms with Crippen LogP contribution in [0, 0.1) is 0 Å². The van der Waals surface area contributed by atoms with Gasteiger partial charge in [-0.15, -0.1) is 0 Å². The predicted octanol–water partition coefficient (Wildman–Crippen LogP) is 5.06. The van der Waals surface area contributed by atoms with Gasteiger partial charge in [-0.3, -0.25) is 0 Å². The van der Waals surface area contributed by atoms with E-state index in [9.17, 15) is 13.2 Å². The topological polar surface area (TPSA) is 53.1 Å². The van der Waals surface area contributed by atoms with Crippen molar-refractivity contribution in [3.63, 3.8) is 0 Å². The number of hydrogen-bond acceptors (Lipinski definition) is 4. The van der Waals surface area contributed by atoms with Crippen molar-refractivity contribution in [2.24, 2.45) is 0 Å². The fourth-order valence-corrected chi connectivity index (χ4v) is 3.72. The summed E-state index contributed by atoms with van der Waals surface area (Å²) in [6.07, 6.45) is -4.60. The first-order valence-electron chi connectivity index (χ1n) is 9.70. The van der Waals surface area contributed by atoms with Gasteiger partial charge in [0.25, 0.3) is 0 Å². The van der Waals surface area contributed by atoms with E-state index in [2.05, 4.69) is 20.6 Å². The summed E-state index contributed by atoms with van der Waals surface area (Å²) in [5.41, 5.74) is 2.11. The highest BCUT2D eigenvalue weighted by atomic mass is 32.1. The van der Waals surface area contributed by atoms with Crippen molar-refractivity contribution < 1.29 is 13.2 Å². The molecule has 0 amide bonds. The van der Waals surface area contributed by atoms with Crippen LogP contribution in [0.15, 0.2) is 60.7 Å². The van der Waals surface area contributed by atoms with Gasteiger partial charge in [0.15, 0.2) is 10.8 Å². The molecular weight excluding hydrogens is 423 g/mol. The average Bonchev–Trinajstić information content (AvgIpc) is 3.18. The Balaban J connectivity index is 1.55. The summed E-state index contributed by atoms with van der Waals surface area (Å²) in [6.45, 7) is 2.87. The van der Waals surface area contributed by atoms with Gasteiger partial charge in [0, 0.05) is 19.2 Å². The fraction of sp³-hybridized carbons (Fsp3) is 0.227. The standard InChI is InChI=1S/C22H20F3N5S/c1-14(15-7-3-2-4-8-15)26-21(31)29-20-27-18(22(23,24)25)11-19(28-20)30-12-16-9-5-6-10-17(16)13-30/h2-11,14H,12-13H2,1H3,(H2,26,27,28,29,31). The quantitative estimate of drug-likeness (QED) is 0.550. The van der Waals surface area contributed by atoms with E-state index in [0.717, 1.165) is 22.8 Å². The Morgan fingerprint density at radius 2 is 1.61 bits per heavy atom. The van der Waals surface area contributed by atoms with E-state index in [1.54, 1.807) is 4.90 Å². The average molecular weight is 443 g/mol. The first-order chi connectivity index (χ1) is 14.8. The number of rotatable bonds is 4. The van der Waals surface area contributed by atoms with Crippen molar-refractivity contribution >= 4 is 29.1 Å². The van der Waals surface area contributed by atoms with Crippen LogP contribution in [0.3, 0.4) is 0 Å². The van der Waals surface area contributed by atoms with Crippen molar-refractivity contribution in [2.45, 2.75) is 32.2 Å². The SMILES string of the molecule is CC(NC(=S)Nc1nc(N2Cc3ccccc3C2)cc(C(F)(F)F)n1)c1ccccc1. The van der Waals surface area contributed by atoms with E-state index >= 15 is 0 Å². The molecule has 2 aromatic carbocycles. The Morgan fingerprint density at radius 1 is 1.00 bits per heavy atom. The number of hydrogen-bond donors (Lipinski definition) is 2. The first-order valence-corrected chi connectivity index (χ1v) is 10.1. The maximum atomic E-state index is 13.5. The summed E-state index contributed by atoms with van der Waals surface area (Å²) in [4.78, 5) is 9.74. The van der Waals surface area contributed by atoms with E-state index < -0.39 is 11.9 Å². The van der Waals surface area contributed by atoms with Crippen LogP contribution < -0.4 is 15.5 Å². The van der Waals surface area contributed by atoms with Gasteiger partial charge in [0.05, 0.1) is 6.04 Å². The van der Waals surface area contributed by atoms with Gasteiger partial charge in [-0.25, -0.2) is 4.98 Å². The highest BCUT2D eigenvalue weighted by Crippen LogP contribution is 2.33. The summed E-state index contributed by atoms with van der Waals surface area (Å²) in [5.74, 6) is -0.00141. The van der Waals surface area contributed by atoms with Gasteiger partial charge >= 0.3 is 6.18 Å². The zero-order valence-corrected chi connectivity index (χ0v) is 17.5. The fourth-order valence-electron chi connectivity index (χ4n) is 3.45. The third kappa shape index (κ3) is 4.93. The van der Waals surface area contributed by atoms with E-state index in [4.69, 9.17) is 12.2 Å². The van der Waals surface area contributed by atoms with Crippen LogP contribution in [-0.2, 0) is 19.3 Å². The van der Waals surface area contributed by atoms with Crippen LogP contribution in [0.4, 0.5) is 24.9 Å². The van der Waals surface area contributed by atoms with Gasteiger partial charge in [0.2, 0.25) is 5.95 Å². The minimum Gasteiger partial charge on any atom is -0.356 e. The molecule has 9 heteroatoms. The van der Waals surface area contributed by atoms with Gasteiger partial charge < -0.3 is 15.5 Å². The molecule has 2 N–H and O–H groups in total. The van der Waals surface area contributed by atoms with Crippen LogP contribution in [0.5, 0.6) is 0 Å². The van der Waals surface area contributed by atoms with E-state index in [1.165, 1.54) is 0 Å². The third-order valence-electron chi connectivity index (χ3n) is 5.04. The van der Waals surface area contributed by atoms with Crippen LogP contribution in [0.2, 0.25) is 0 Å². The van der Waals surface area contributed by atoms with Crippen molar-refractivity contribution in [3.8, 4) is 0 Å². The lowest BCUT2D eigenvalue weighted by molar-refractivity contribution is -0.141. The number of benzene rings is 2. The minimum atomic E-state index is -4.60. The molecule has 4 rings (SSSR count). The number of aromatic nitrogens is 2. The largest absolute Gasteiger partial charge is 0.433 e. The van der Waals surface area contributed by atoms with Crippen molar-refractivity contribution in [1.29, 1.82) is 0 Å². The molecule has 1 aliphatic rings. The molecule has 3 aromatic rings. The lowest BCUT2D eigenvalue weighted by Gasteiger charge is -2.20. The number of fused-ring (bicyclic) bond motifs is 1. The lowest BCUT2D eigenvalue weighted by Crippen LogP contribution is -2.32. The summed E-state index contributed by atoms with van der Waals surface area (Å²) < 4.78 is 40.4. The molecule has 1 unspecified atom stereocenters. The molecule has 0 aliphatic carbocycles. The molecule has 5 nitrogen and oxygen atoms in total.